The Hall–Kier alpha value is -3.55. The van der Waals surface area contributed by atoms with Gasteiger partial charge in [-0.2, -0.15) is 0 Å². The Labute approximate surface area is 237 Å². The molecule has 2 fully saturated rings. The molecule has 8 heteroatoms. The van der Waals surface area contributed by atoms with E-state index in [0.29, 0.717) is 37.7 Å². The summed E-state index contributed by atoms with van der Waals surface area (Å²) in [6.45, 7) is 0.640. The van der Waals surface area contributed by atoms with Gasteiger partial charge in [0.15, 0.2) is 5.96 Å². The average molecular weight is 547 g/mol. The third-order valence-electron chi connectivity index (χ3n) is 9.14. The molecule has 1 atom stereocenters. The number of carbonyl (C=O) groups excluding carboxylic acids is 1. The summed E-state index contributed by atoms with van der Waals surface area (Å²) in [6, 6.07) is 15.9. The minimum atomic E-state index is -0.719. The lowest BCUT2D eigenvalue weighted by Gasteiger charge is -2.41. The number of aliphatic imine (C=N–C) groups is 1. The number of guanidine groups is 1. The predicted molar refractivity (Wildman–Crippen MR) is 156 cm³/mol. The van der Waals surface area contributed by atoms with Crippen LogP contribution in [-0.4, -0.2) is 51.9 Å². The van der Waals surface area contributed by atoms with Crippen molar-refractivity contribution >= 4 is 23.5 Å². The molecule has 2 aliphatic carbocycles. The van der Waals surface area contributed by atoms with Crippen molar-refractivity contribution in [3.8, 4) is 11.5 Å². The summed E-state index contributed by atoms with van der Waals surface area (Å²) in [6.07, 6.45) is 9.91. The van der Waals surface area contributed by atoms with E-state index in [-0.39, 0.29) is 23.9 Å². The Morgan fingerprint density at radius 2 is 1.75 bits per heavy atom. The first kappa shape index (κ1) is 28.0. The number of benzene rings is 2. The number of hydrogen-bond donors (Lipinski definition) is 2. The first-order valence-corrected chi connectivity index (χ1v) is 14.8. The van der Waals surface area contributed by atoms with Gasteiger partial charge in [-0.25, -0.2) is 4.99 Å². The fourth-order valence-electron chi connectivity index (χ4n) is 6.75. The summed E-state index contributed by atoms with van der Waals surface area (Å²) >= 11 is 0. The highest BCUT2D eigenvalue weighted by molar-refractivity contribution is 5.84. The van der Waals surface area contributed by atoms with Crippen molar-refractivity contribution in [3.05, 3.63) is 54.1 Å². The molecule has 0 radical (unpaired) electrons. The molecule has 2 aromatic rings. The third-order valence-corrected chi connectivity index (χ3v) is 9.14. The number of aliphatic carboxylic acids is 1. The third kappa shape index (κ3) is 6.60. The number of carboxylic acids is 1. The number of para-hydroxylation sites is 1. The summed E-state index contributed by atoms with van der Waals surface area (Å²) in [4.78, 5) is 33.5. The lowest BCUT2D eigenvalue weighted by molar-refractivity contribution is -0.143. The van der Waals surface area contributed by atoms with Crippen LogP contribution in [0.5, 0.6) is 11.5 Å². The highest BCUT2D eigenvalue weighted by atomic mass is 16.5. The van der Waals surface area contributed by atoms with Crippen LogP contribution in [0.25, 0.3) is 0 Å². The quantitative estimate of drug-likeness (QED) is 0.395. The van der Waals surface area contributed by atoms with Gasteiger partial charge >= 0.3 is 5.97 Å². The van der Waals surface area contributed by atoms with E-state index in [1.54, 1.807) is 0 Å². The van der Waals surface area contributed by atoms with E-state index >= 15 is 0 Å². The number of nitrogens with two attached hydrogens (primary N) is 1. The largest absolute Gasteiger partial charge is 0.481 e. The normalized spacial score (nSPS) is 22.1. The molecule has 1 amide bonds. The first-order chi connectivity index (χ1) is 19.4. The lowest BCUT2D eigenvalue weighted by Crippen LogP contribution is -2.49. The Balaban J connectivity index is 1.27. The number of amides is 1. The van der Waals surface area contributed by atoms with Crippen LogP contribution in [0.4, 0.5) is 5.69 Å². The van der Waals surface area contributed by atoms with Crippen molar-refractivity contribution in [1.82, 2.24) is 9.80 Å². The topological polar surface area (TPSA) is 108 Å². The van der Waals surface area contributed by atoms with Gasteiger partial charge in [-0.05, 0) is 81.2 Å². The molecular formula is C32H42N4O4. The van der Waals surface area contributed by atoms with Crippen molar-refractivity contribution in [1.29, 1.82) is 0 Å². The van der Waals surface area contributed by atoms with Crippen LogP contribution >= 0.6 is 0 Å². The lowest BCUT2D eigenvalue weighted by atomic mass is 9.81. The van der Waals surface area contributed by atoms with Crippen LogP contribution in [0.2, 0.25) is 0 Å². The highest BCUT2D eigenvalue weighted by Crippen LogP contribution is 2.37. The summed E-state index contributed by atoms with van der Waals surface area (Å²) in [5, 5.41) is 9.32. The van der Waals surface area contributed by atoms with E-state index in [9.17, 15) is 14.7 Å². The van der Waals surface area contributed by atoms with Crippen LogP contribution < -0.4 is 10.5 Å². The summed E-state index contributed by atoms with van der Waals surface area (Å²) in [7, 11) is 1.88. The maximum absolute atomic E-state index is 13.3. The summed E-state index contributed by atoms with van der Waals surface area (Å²) in [5.41, 5.74) is 8.52. The number of nitrogens with zero attached hydrogens (tertiary/aromatic N) is 3. The second kappa shape index (κ2) is 12.7. The zero-order valence-corrected chi connectivity index (χ0v) is 23.5. The van der Waals surface area contributed by atoms with Gasteiger partial charge in [0, 0.05) is 37.7 Å². The molecule has 214 valence electrons. The number of fused-ring (bicyclic) bond motifs is 1. The summed E-state index contributed by atoms with van der Waals surface area (Å²) < 4.78 is 6.08. The predicted octanol–water partition coefficient (Wildman–Crippen LogP) is 6.07. The van der Waals surface area contributed by atoms with Gasteiger partial charge < -0.3 is 25.4 Å². The molecule has 0 aromatic heterocycles. The molecule has 0 spiro atoms. The molecule has 1 aliphatic heterocycles. The van der Waals surface area contributed by atoms with Gasteiger partial charge in [0.05, 0.1) is 11.6 Å². The van der Waals surface area contributed by atoms with Crippen LogP contribution in [0, 0.1) is 11.8 Å². The number of carbonyl (C=O) groups is 2. The number of ether oxygens (including phenoxy) is 1. The molecule has 8 nitrogen and oxygen atoms in total. The van der Waals surface area contributed by atoms with E-state index in [1.165, 1.54) is 19.3 Å². The maximum Gasteiger partial charge on any atom is 0.306 e. The second-order valence-corrected chi connectivity index (χ2v) is 11.7. The molecule has 2 aromatic carbocycles. The smallest absolute Gasteiger partial charge is 0.306 e. The van der Waals surface area contributed by atoms with Crippen molar-refractivity contribution < 1.29 is 19.4 Å². The van der Waals surface area contributed by atoms with Crippen LogP contribution in [0.3, 0.4) is 0 Å². The maximum atomic E-state index is 13.3. The SMILES string of the molecule is CN(C(=O)CCC(C1CCCCC1)N1Cc2cc(Oc3ccccc3)ccc2N=C1N)[C@H]1CC[C@@H](C(=O)O)CC1. The fourth-order valence-corrected chi connectivity index (χ4v) is 6.75. The second-order valence-electron chi connectivity index (χ2n) is 11.7. The van der Waals surface area contributed by atoms with Crippen molar-refractivity contribution in [2.75, 3.05) is 7.05 Å². The minimum Gasteiger partial charge on any atom is -0.481 e. The van der Waals surface area contributed by atoms with Gasteiger partial charge in [0.2, 0.25) is 5.91 Å². The monoisotopic (exact) mass is 546 g/mol. The Kier molecular flexibility index (Phi) is 8.92. The van der Waals surface area contributed by atoms with E-state index in [4.69, 9.17) is 15.5 Å². The van der Waals surface area contributed by atoms with E-state index in [2.05, 4.69) is 11.0 Å². The minimum absolute atomic E-state index is 0.118. The molecule has 40 heavy (non-hydrogen) atoms. The van der Waals surface area contributed by atoms with Crippen LogP contribution in [0.15, 0.2) is 53.5 Å². The number of hydrogen-bond acceptors (Lipinski definition) is 6. The van der Waals surface area contributed by atoms with Crippen molar-refractivity contribution in [3.63, 3.8) is 0 Å². The zero-order valence-electron chi connectivity index (χ0n) is 23.5. The molecule has 1 heterocycles. The molecule has 3 aliphatic rings. The van der Waals surface area contributed by atoms with E-state index < -0.39 is 5.97 Å². The molecule has 1 unspecified atom stereocenters. The highest BCUT2D eigenvalue weighted by Gasteiger charge is 2.34. The standard InChI is InChI=1S/C32H42N4O4/c1-35(25-14-12-23(13-15-25)31(38)39)30(37)19-18-29(22-8-4-2-5-9-22)36-21-24-20-27(16-17-28(24)34-32(36)33)40-26-10-6-3-7-11-26/h3,6-7,10-11,16-17,20,22-23,25,29H,2,4-5,8-9,12-15,18-19,21H2,1H3,(H2,33,34)(H,38,39)/t23-,25+,29?. The summed E-state index contributed by atoms with van der Waals surface area (Å²) in [5.74, 6) is 1.68. The Morgan fingerprint density at radius 1 is 1.02 bits per heavy atom. The molecule has 0 bridgehead atoms. The van der Waals surface area contributed by atoms with Gasteiger partial charge in [0.1, 0.15) is 11.5 Å². The van der Waals surface area contributed by atoms with Crippen LogP contribution in [0.1, 0.15) is 76.2 Å². The van der Waals surface area contributed by atoms with Crippen molar-refractivity contribution in [2.24, 2.45) is 22.6 Å². The van der Waals surface area contributed by atoms with Gasteiger partial charge in [-0.1, -0.05) is 37.5 Å². The first-order valence-electron chi connectivity index (χ1n) is 14.8. The Bertz CT molecular complexity index is 1200. The fraction of sp³-hybridized carbons (Fsp3) is 0.531. The Morgan fingerprint density at radius 3 is 2.45 bits per heavy atom. The van der Waals surface area contributed by atoms with Crippen molar-refractivity contribution in [2.45, 2.75) is 89.3 Å². The van der Waals surface area contributed by atoms with Crippen LogP contribution in [-0.2, 0) is 16.1 Å². The molecular weight excluding hydrogens is 504 g/mol. The van der Waals surface area contributed by atoms with Gasteiger partial charge in [-0.3, -0.25) is 9.59 Å². The molecule has 5 rings (SSSR count). The number of carboxylic acid groups (broad SMARTS) is 1. The molecule has 3 N–H and O–H groups in total. The van der Waals surface area contributed by atoms with Gasteiger partial charge in [-0.15, -0.1) is 0 Å². The molecule has 0 saturated heterocycles. The molecule has 2 saturated carbocycles. The van der Waals surface area contributed by atoms with E-state index in [0.717, 1.165) is 54.9 Å². The number of rotatable bonds is 9. The van der Waals surface area contributed by atoms with Gasteiger partial charge in [0.25, 0.3) is 0 Å². The average Bonchev–Trinajstić information content (AvgIpc) is 2.98. The zero-order chi connectivity index (χ0) is 28.1. The van der Waals surface area contributed by atoms with E-state index in [1.807, 2.05) is 54.4 Å².